The number of carbonyl (C=O) groups is 1. The fourth-order valence-electron chi connectivity index (χ4n) is 8.43. The Morgan fingerprint density at radius 1 is 1.15 bits per heavy atom. The number of rotatable bonds is 5. The lowest BCUT2D eigenvalue weighted by molar-refractivity contribution is -0.151. The molecular weight excluding hydrogens is 432 g/mol. The zero-order valence-electron chi connectivity index (χ0n) is 21.0. The number of ketones is 1. The minimum atomic E-state index is -1.06. The van der Waals surface area contributed by atoms with Crippen molar-refractivity contribution < 1.29 is 25.0 Å². The first-order valence-electron chi connectivity index (χ1n) is 13.3. The lowest BCUT2D eigenvalue weighted by Gasteiger charge is -2.59. The Balaban J connectivity index is 1.36. The third-order valence-electron chi connectivity index (χ3n) is 10.5. The van der Waals surface area contributed by atoms with Crippen molar-refractivity contribution in [1.29, 1.82) is 0 Å². The van der Waals surface area contributed by atoms with Crippen LogP contribution in [-0.2, 0) is 9.63 Å². The highest BCUT2D eigenvalue weighted by Gasteiger charge is 2.66. The fraction of sp³-hybridized carbons (Fsp3) is 0.852. The van der Waals surface area contributed by atoms with E-state index in [0.717, 1.165) is 50.2 Å². The van der Waals surface area contributed by atoms with Gasteiger partial charge in [-0.2, -0.15) is 0 Å². The minimum Gasteiger partial charge on any atom is -0.394 e. The number of aliphatic hydroxyl groups is 3. The number of hydrogen-bond acceptors (Lipinski definition) is 7. The normalized spacial score (nSPS) is 47.1. The van der Waals surface area contributed by atoms with E-state index in [-0.39, 0.29) is 23.5 Å². The smallest absolute Gasteiger partial charge is 0.159 e. The van der Waals surface area contributed by atoms with Crippen LogP contribution in [0.3, 0.4) is 0 Å². The Labute approximate surface area is 203 Å². The summed E-state index contributed by atoms with van der Waals surface area (Å²) in [6, 6.07) is 0. The van der Waals surface area contributed by atoms with Crippen molar-refractivity contribution in [1.82, 2.24) is 4.90 Å². The fourth-order valence-corrected chi connectivity index (χ4v) is 8.43. The Morgan fingerprint density at radius 2 is 1.88 bits per heavy atom. The average molecular weight is 475 g/mol. The predicted octanol–water partition coefficient (Wildman–Crippen LogP) is 2.68. The molecule has 0 spiro atoms. The molecule has 0 bridgehead atoms. The first-order valence-corrected chi connectivity index (χ1v) is 13.3. The van der Waals surface area contributed by atoms with Gasteiger partial charge in [-0.25, -0.2) is 0 Å². The first kappa shape index (κ1) is 24.4. The number of oxime groups is 1. The summed E-state index contributed by atoms with van der Waals surface area (Å²) in [5.74, 6) is -0.151. The highest BCUT2D eigenvalue weighted by Crippen LogP contribution is 2.67. The number of hydrogen-bond donors (Lipinski definition) is 3. The molecule has 3 saturated carbocycles. The summed E-state index contributed by atoms with van der Waals surface area (Å²) in [5, 5.41) is 37.4. The molecule has 2 unspecified atom stereocenters. The lowest BCUT2D eigenvalue weighted by atomic mass is 9.46. The van der Waals surface area contributed by atoms with Gasteiger partial charge in [0.15, 0.2) is 5.78 Å². The number of likely N-dealkylation sites (tertiary alicyclic amines) is 1. The number of fused-ring (bicyclic) bond motifs is 5. The molecule has 0 aromatic carbocycles. The molecule has 7 nitrogen and oxygen atoms in total. The molecule has 5 aliphatic rings. The molecular formula is C27H42N2O5. The Kier molecular flexibility index (Phi) is 6.23. The number of aliphatic hydroxyl groups excluding tert-OH is 2. The van der Waals surface area contributed by atoms with E-state index in [1.807, 2.05) is 6.92 Å². The second-order valence-corrected chi connectivity index (χ2v) is 12.2. The molecule has 1 aliphatic heterocycles. The van der Waals surface area contributed by atoms with E-state index >= 15 is 0 Å². The number of allylic oxidation sites excluding steroid dienone is 1. The summed E-state index contributed by atoms with van der Waals surface area (Å²) in [4.78, 5) is 21.4. The Hall–Kier alpha value is -1.28. The largest absolute Gasteiger partial charge is 0.394 e. The first-order chi connectivity index (χ1) is 16.1. The van der Waals surface area contributed by atoms with Gasteiger partial charge in [-0.15, -0.1) is 0 Å². The van der Waals surface area contributed by atoms with Gasteiger partial charge in [0.25, 0.3) is 0 Å². The van der Waals surface area contributed by atoms with Gasteiger partial charge in [-0.1, -0.05) is 19.0 Å². The molecule has 5 rings (SSSR count). The number of nitrogens with zero attached hydrogens (tertiary/aromatic N) is 2. The van der Waals surface area contributed by atoms with Crippen LogP contribution in [0.25, 0.3) is 0 Å². The molecule has 3 N–H and O–H groups in total. The van der Waals surface area contributed by atoms with Crippen LogP contribution < -0.4 is 0 Å². The summed E-state index contributed by atoms with van der Waals surface area (Å²) in [6.07, 6.45) is 6.39. The molecule has 190 valence electrons. The van der Waals surface area contributed by atoms with Crippen molar-refractivity contribution in [2.24, 2.45) is 33.7 Å². The predicted molar refractivity (Wildman–Crippen MR) is 129 cm³/mol. The van der Waals surface area contributed by atoms with Crippen LogP contribution in [0, 0.1) is 28.6 Å². The molecule has 4 fully saturated rings. The summed E-state index contributed by atoms with van der Waals surface area (Å²) in [6.45, 7) is 10.0. The summed E-state index contributed by atoms with van der Waals surface area (Å²) >= 11 is 0. The lowest BCUT2D eigenvalue weighted by Crippen LogP contribution is -2.60. The van der Waals surface area contributed by atoms with Crippen LogP contribution in [0.2, 0.25) is 0 Å². The minimum absolute atomic E-state index is 0.00328. The van der Waals surface area contributed by atoms with Gasteiger partial charge in [-0.05, 0) is 94.4 Å². The SMILES string of the molecule is C/C(=N/OCCN1CCCC1)[C@H]1CC[C@@]2(O)C3=CC(=O)C4C[C@@H](O)[C@@H](O)C[C@]4(C)C3CC[C@]12C. The molecule has 1 heterocycles. The van der Waals surface area contributed by atoms with Crippen LogP contribution in [0.5, 0.6) is 0 Å². The van der Waals surface area contributed by atoms with E-state index in [4.69, 9.17) is 4.84 Å². The van der Waals surface area contributed by atoms with Gasteiger partial charge in [0.2, 0.25) is 0 Å². The monoisotopic (exact) mass is 474 g/mol. The highest BCUT2D eigenvalue weighted by atomic mass is 16.6. The van der Waals surface area contributed by atoms with Crippen molar-refractivity contribution in [2.75, 3.05) is 26.2 Å². The van der Waals surface area contributed by atoms with Gasteiger partial charge in [0, 0.05) is 23.8 Å². The van der Waals surface area contributed by atoms with Gasteiger partial charge < -0.3 is 20.2 Å². The maximum absolute atomic E-state index is 13.2. The maximum Gasteiger partial charge on any atom is 0.159 e. The van der Waals surface area contributed by atoms with Crippen LogP contribution >= 0.6 is 0 Å². The van der Waals surface area contributed by atoms with Crippen molar-refractivity contribution >= 4 is 11.5 Å². The summed E-state index contributed by atoms with van der Waals surface area (Å²) in [7, 11) is 0. The molecule has 0 amide bonds. The van der Waals surface area contributed by atoms with Gasteiger partial charge in [0.1, 0.15) is 6.61 Å². The molecule has 4 aliphatic carbocycles. The second-order valence-electron chi connectivity index (χ2n) is 12.2. The van der Waals surface area contributed by atoms with Crippen molar-refractivity contribution in [3.05, 3.63) is 11.6 Å². The molecule has 1 saturated heterocycles. The molecule has 8 atom stereocenters. The maximum atomic E-state index is 13.2. The van der Waals surface area contributed by atoms with Crippen molar-refractivity contribution in [3.63, 3.8) is 0 Å². The van der Waals surface area contributed by atoms with E-state index in [9.17, 15) is 20.1 Å². The van der Waals surface area contributed by atoms with Gasteiger partial charge in [0.05, 0.1) is 23.5 Å². The quantitative estimate of drug-likeness (QED) is 0.322. The van der Waals surface area contributed by atoms with E-state index in [0.29, 0.717) is 25.9 Å². The van der Waals surface area contributed by atoms with E-state index in [1.54, 1.807) is 6.08 Å². The van der Waals surface area contributed by atoms with Gasteiger partial charge >= 0.3 is 0 Å². The van der Waals surface area contributed by atoms with E-state index < -0.39 is 28.6 Å². The number of carbonyl (C=O) groups excluding carboxylic acids is 1. The van der Waals surface area contributed by atoms with E-state index in [1.165, 1.54) is 12.8 Å². The Bertz CT molecular complexity index is 882. The van der Waals surface area contributed by atoms with Crippen LogP contribution in [-0.4, -0.2) is 75.8 Å². The second kappa shape index (κ2) is 8.68. The standard InChI is InChI=1S/C27H42N2O5/c1-17(28-34-13-12-29-10-4-5-11-29)18-7-9-27(33)20-14-22(30)21-15-23(31)24(32)16-25(21,2)19(20)6-8-26(18,27)3/h14,18-19,21,23-24,31-33H,4-13,15-16H2,1-3H3/b28-17-/t18-,19?,21?,23-,24+,25-,26-,27-/m1/s1. The molecule has 34 heavy (non-hydrogen) atoms. The van der Waals surface area contributed by atoms with Gasteiger partial charge in [-0.3, -0.25) is 9.69 Å². The summed E-state index contributed by atoms with van der Waals surface area (Å²) < 4.78 is 0. The molecule has 0 aromatic heterocycles. The highest BCUT2D eigenvalue weighted by molar-refractivity contribution is 5.95. The average Bonchev–Trinajstić information content (AvgIpc) is 3.39. The van der Waals surface area contributed by atoms with E-state index in [2.05, 4.69) is 23.9 Å². The Morgan fingerprint density at radius 3 is 2.62 bits per heavy atom. The van der Waals surface area contributed by atoms with Crippen LogP contribution in [0.4, 0.5) is 0 Å². The van der Waals surface area contributed by atoms with Crippen LogP contribution in [0.15, 0.2) is 16.8 Å². The van der Waals surface area contributed by atoms with Crippen LogP contribution in [0.1, 0.15) is 72.1 Å². The topological polar surface area (TPSA) is 103 Å². The van der Waals surface area contributed by atoms with Crippen molar-refractivity contribution in [3.8, 4) is 0 Å². The third-order valence-corrected chi connectivity index (χ3v) is 10.5. The van der Waals surface area contributed by atoms with Crippen molar-refractivity contribution in [2.45, 2.75) is 89.9 Å². The molecule has 0 aromatic rings. The molecule has 0 radical (unpaired) electrons. The zero-order valence-corrected chi connectivity index (χ0v) is 21.0. The zero-order chi connectivity index (χ0) is 24.3. The summed E-state index contributed by atoms with van der Waals surface area (Å²) in [5.41, 5.74) is -0.105. The molecule has 7 heteroatoms. The third kappa shape index (κ3) is 3.61.